The summed E-state index contributed by atoms with van der Waals surface area (Å²) >= 11 is 1.51. The van der Waals surface area contributed by atoms with Crippen LogP contribution in [0.2, 0.25) is 0 Å². The van der Waals surface area contributed by atoms with Gasteiger partial charge in [0.25, 0.3) is 0 Å². The van der Waals surface area contributed by atoms with Gasteiger partial charge in [0.1, 0.15) is 5.54 Å². The largest absolute Gasteiger partial charge is 0.368 e. The molecule has 0 saturated carbocycles. The molecule has 0 saturated heterocycles. The minimum Gasteiger partial charge on any atom is -0.368 e. The third-order valence-corrected chi connectivity index (χ3v) is 2.86. The summed E-state index contributed by atoms with van der Waals surface area (Å²) in [5.74, 6) is -0.733. The number of nitrogens with one attached hydrogen (secondary N) is 1. The third kappa shape index (κ3) is 3.36. The van der Waals surface area contributed by atoms with Gasteiger partial charge in [-0.05, 0) is 25.3 Å². The van der Waals surface area contributed by atoms with Crippen molar-refractivity contribution in [3.63, 3.8) is 0 Å². The van der Waals surface area contributed by atoms with Crippen LogP contribution in [0, 0.1) is 0 Å². The Labute approximate surface area is 92.5 Å². The Kier molecular flexibility index (Phi) is 3.47. The highest BCUT2D eigenvalue weighted by Crippen LogP contribution is 2.10. The summed E-state index contributed by atoms with van der Waals surface area (Å²) in [6, 6.07) is 3.76. The van der Waals surface area contributed by atoms with E-state index in [1.165, 1.54) is 11.3 Å². The molecule has 15 heavy (non-hydrogen) atoms. The van der Waals surface area contributed by atoms with Gasteiger partial charge in [0, 0.05) is 4.88 Å². The van der Waals surface area contributed by atoms with E-state index < -0.39 is 11.4 Å². The molecule has 0 fully saturated rings. The third-order valence-electron chi connectivity index (χ3n) is 1.98. The Bertz CT molecular complexity index is 358. The summed E-state index contributed by atoms with van der Waals surface area (Å²) in [7, 11) is 0. The molecule has 0 aliphatic heterocycles. The summed E-state index contributed by atoms with van der Waals surface area (Å²) in [5.41, 5.74) is 4.15. The minimum absolute atomic E-state index is 0.193. The lowest BCUT2D eigenvalue weighted by Gasteiger charge is -2.21. The lowest BCUT2D eigenvalue weighted by molar-refractivity contribution is -0.130. The molecule has 1 rings (SSSR count). The van der Waals surface area contributed by atoms with E-state index in [2.05, 4.69) is 5.32 Å². The fourth-order valence-corrected chi connectivity index (χ4v) is 1.73. The highest BCUT2D eigenvalue weighted by atomic mass is 32.1. The monoisotopic (exact) mass is 226 g/mol. The van der Waals surface area contributed by atoms with E-state index in [1.54, 1.807) is 13.8 Å². The van der Waals surface area contributed by atoms with E-state index in [9.17, 15) is 9.59 Å². The van der Waals surface area contributed by atoms with Crippen molar-refractivity contribution in [1.29, 1.82) is 0 Å². The second kappa shape index (κ2) is 4.44. The lowest BCUT2D eigenvalue weighted by Crippen LogP contribution is -2.53. The molecular formula is C10H14N2O2S. The molecule has 0 unspecified atom stereocenters. The van der Waals surface area contributed by atoms with E-state index in [4.69, 9.17) is 5.73 Å². The van der Waals surface area contributed by atoms with Gasteiger partial charge in [-0.1, -0.05) is 6.07 Å². The molecular weight excluding hydrogens is 212 g/mol. The molecule has 1 aromatic heterocycles. The van der Waals surface area contributed by atoms with Crippen molar-refractivity contribution in [2.45, 2.75) is 25.8 Å². The maximum Gasteiger partial charge on any atom is 0.242 e. The van der Waals surface area contributed by atoms with Crippen LogP contribution in [0.15, 0.2) is 17.5 Å². The van der Waals surface area contributed by atoms with Gasteiger partial charge in [-0.2, -0.15) is 0 Å². The molecule has 5 heteroatoms. The van der Waals surface area contributed by atoms with Crippen LogP contribution in [0.3, 0.4) is 0 Å². The summed E-state index contributed by atoms with van der Waals surface area (Å²) < 4.78 is 0. The molecule has 0 aromatic carbocycles. The van der Waals surface area contributed by atoms with Crippen LogP contribution in [-0.4, -0.2) is 17.4 Å². The Morgan fingerprint density at radius 3 is 2.67 bits per heavy atom. The molecule has 0 atom stereocenters. The molecule has 1 aromatic rings. The fraction of sp³-hybridized carbons (Fsp3) is 0.400. The fourth-order valence-electron chi connectivity index (χ4n) is 1.03. The second-order valence-electron chi connectivity index (χ2n) is 3.79. The van der Waals surface area contributed by atoms with Crippen molar-refractivity contribution in [2.24, 2.45) is 5.73 Å². The van der Waals surface area contributed by atoms with E-state index >= 15 is 0 Å². The van der Waals surface area contributed by atoms with Crippen molar-refractivity contribution < 1.29 is 9.59 Å². The molecule has 2 amide bonds. The SMILES string of the molecule is CC(C)(NC(=O)Cc1cccs1)C(N)=O. The standard InChI is InChI=1S/C10H14N2O2S/c1-10(2,9(11)14)12-8(13)6-7-4-3-5-15-7/h3-5H,6H2,1-2H3,(H2,11,14)(H,12,13). The van der Waals surface area contributed by atoms with Crippen LogP contribution in [0.25, 0.3) is 0 Å². The van der Waals surface area contributed by atoms with E-state index in [0.29, 0.717) is 0 Å². The van der Waals surface area contributed by atoms with Crippen molar-refractivity contribution in [1.82, 2.24) is 5.32 Å². The van der Waals surface area contributed by atoms with Gasteiger partial charge in [-0.3, -0.25) is 9.59 Å². The lowest BCUT2D eigenvalue weighted by atomic mass is 10.1. The molecule has 82 valence electrons. The first-order valence-corrected chi connectivity index (χ1v) is 5.43. The summed E-state index contributed by atoms with van der Waals surface area (Å²) in [4.78, 5) is 23.5. The van der Waals surface area contributed by atoms with Crippen molar-refractivity contribution in [3.8, 4) is 0 Å². The maximum atomic E-state index is 11.5. The molecule has 0 spiro atoms. The van der Waals surface area contributed by atoms with Crippen molar-refractivity contribution in [2.75, 3.05) is 0 Å². The molecule has 0 aliphatic rings. The average Bonchev–Trinajstić information content (AvgIpc) is 2.54. The Morgan fingerprint density at radius 2 is 2.20 bits per heavy atom. The molecule has 1 heterocycles. The smallest absolute Gasteiger partial charge is 0.242 e. The maximum absolute atomic E-state index is 11.5. The zero-order valence-corrected chi connectivity index (χ0v) is 9.56. The highest BCUT2D eigenvalue weighted by Gasteiger charge is 2.26. The first kappa shape index (κ1) is 11.7. The van der Waals surface area contributed by atoms with Gasteiger partial charge >= 0.3 is 0 Å². The quantitative estimate of drug-likeness (QED) is 0.792. The predicted octanol–water partition coefficient (Wildman–Crippen LogP) is 0.671. The highest BCUT2D eigenvalue weighted by molar-refractivity contribution is 7.10. The van der Waals surface area contributed by atoms with Gasteiger partial charge < -0.3 is 11.1 Å². The van der Waals surface area contributed by atoms with Gasteiger partial charge in [0.2, 0.25) is 11.8 Å². The average molecular weight is 226 g/mol. The normalized spacial score (nSPS) is 11.1. The van der Waals surface area contributed by atoms with Gasteiger partial charge in [-0.25, -0.2) is 0 Å². The number of rotatable bonds is 4. The zero-order valence-electron chi connectivity index (χ0n) is 8.74. The molecule has 4 nitrogen and oxygen atoms in total. The topological polar surface area (TPSA) is 72.2 Å². The number of hydrogen-bond donors (Lipinski definition) is 2. The van der Waals surface area contributed by atoms with E-state index in [0.717, 1.165) is 4.88 Å². The van der Waals surface area contributed by atoms with E-state index in [-0.39, 0.29) is 12.3 Å². The van der Waals surface area contributed by atoms with Crippen LogP contribution >= 0.6 is 11.3 Å². The number of primary amides is 1. The Balaban J connectivity index is 2.53. The Morgan fingerprint density at radius 1 is 1.53 bits per heavy atom. The number of thiophene rings is 1. The van der Waals surface area contributed by atoms with E-state index in [1.807, 2.05) is 17.5 Å². The summed E-state index contributed by atoms with van der Waals surface area (Å²) in [5, 5.41) is 4.49. The van der Waals surface area contributed by atoms with Crippen LogP contribution in [-0.2, 0) is 16.0 Å². The number of carbonyl (C=O) groups is 2. The second-order valence-corrected chi connectivity index (χ2v) is 4.83. The first-order valence-electron chi connectivity index (χ1n) is 4.55. The van der Waals surface area contributed by atoms with Gasteiger partial charge in [0.05, 0.1) is 6.42 Å². The van der Waals surface area contributed by atoms with Gasteiger partial charge in [-0.15, -0.1) is 11.3 Å². The number of nitrogens with two attached hydrogens (primary N) is 1. The predicted molar refractivity (Wildman–Crippen MR) is 59.4 cm³/mol. The zero-order chi connectivity index (χ0) is 11.5. The van der Waals surface area contributed by atoms with Crippen molar-refractivity contribution >= 4 is 23.2 Å². The Hall–Kier alpha value is -1.36. The molecule has 0 radical (unpaired) electrons. The number of carbonyl (C=O) groups excluding carboxylic acids is 2. The summed E-state index contributed by atoms with van der Waals surface area (Å²) in [6.45, 7) is 3.17. The minimum atomic E-state index is -0.992. The van der Waals surface area contributed by atoms with Crippen LogP contribution in [0.4, 0.5) is 0 Å². The first-order chi connectivity index (χ1) is 6.92. The van der Waals surface area contributed by atoms with Crippen molar-refractivity contribution in [3.05, 3.63) is 22.4 Å². The molecule has 0 bridgehead atoms. The molecule has 3 N–H and O–H groups in total. The van der Waals surface area contributed by atoms with Crippen LogP contribution in [0.1, 0.15) is 18.7 Å². The van der Waals surface area contributed by atoms with Crippen LogP contribution < -0.4 is 11.1 Å². The van der Waals surface area contributed by atoms with Crippen LogP contribution in [0.5, 0.6) is 0 Å². The van der Waals surface area contributed by atoms with Gasteiger partial charge in [0.15, 0.2) is 0 Å². The summed E-state index contributed by atoms with van der Waals surface area (Å²) in [6.07, 6.45) is 0.286. The number of hydrogen-bond acceptors (Lipinski definition) is 3. The number of amides is 2. The molecule has 0 aliphatic carbocycles.